The van der Waals surface area contributed by atoms with Crippen molar-refractivity contribution in [3.63, 3.8) is 0 Å². The fourth-order valence-corrected chi connectivity index (χ4v) is 3.00. The minimum Gasteiger partial charge on any atom is -0.462 e. The van der Waals surface area contributed by atoms with Crippen molar-refractivity contribution in [1.82, 2.24) is 25.0 Å². The summed E-state index contributed by atoms with van der Waals surface area (Å²) in [4.78, 5) is 34.3. The van der Waals surface area contributed by atoms with Crippen LogP contribution in [0.5, 0.6) is 0 Å². The highest BCUT2D eigenvalue weighted by atomic mass is 35.5. The number of hydrogen-bond acceptors (Lipinski definition) is 8. The third-order valence-corrected chi connectivity index (χ3v) is 4.46. The number of anilines is 2. The molecule has 0 radical (unpaired) electrons. The van der Waals surface area contributed by atoms with E-state index in [4.69, 9.17) is 21.1 Å². The second kappa shape index (κ2) is 9.96. The maximum atomic E-state index is 12.6. The van der Waals surface area contributed by atoms with Gasteiger partial charge in [-0.05, 0) is 19.9 Å². The highest BCUT2D eigenvalue weighted by Crippen LogP contribution is 2.29. The number of nitrogens with one attached hydrogen (secondary N) is 2. The summed E-state index contributed by atoms with van der Waals surface area (Å²) in [5, 5.41) is 13.5. The fourth-order valence-electron chi connectivity index (χ4n) is 2.75. The lowest BCUT2D eigenvalue weighted by Gasteiger charge is -2.19. The first-order chi connectivity index (χ1) is 14.9. The van der Waals surface area contributed by atoms with Crippen LogP contribution in [-0.4, -0.2) is 50.7 Å². The third kappa shape index (κ3) is 5.13. The number of aromatic nitrogens is 5. The SMILES string of the molecule is CCOC(=O)c1cncc(NC(=O)Nc2cnc(-n3nccn3)c(Cl)c2)c1[C@H](C)OC. The number of nitrogens with zero attached hydrogens (tertiary/aromatic N) is 5. The first kappa shape index (κ1) is 22.1. The first-order valence-corrected chi connectivity index (χ1v) is 9.60. The van der Waals surface area contributed by atoms with Gasteiger partial charge in [0.05, 0.1) is 59.5 Å². The van der Waals surface area contributed by atoms with E-state index < -0.39 is 18.1 Å². The summed E-state index contributed by atoms with van der Waals surface area (Å²) in [5.41, 5.74) is 1.29. The lowest BCUT2D eigenvalue weighted by molar-refractivity contribution is 0.0515. The van der Waals surface area contributed by atoms with Crippen LogP contribution in [0.3, 0.4) is 0 Å². The molecule has 11 nitrogen and oxygen atoms in total. The molecular formula is C19H20ClN7O4. The van der Waals surface area contributed by atoms with Gasteiger partial charge in [-0.2, -0.15) is 10.2 Å². The van der Waals surface area contributed by atoms with Crippen LogP contribution in [0, 0.1) is 0 Å². The lowest BCUT2D eigenvalue weighted by Crippen LogP contribution is -2.22. The molecule has 3 aromatic heterocycles. The van der Waals surface area contributed by atoms with E-state index in [0.29, 0.717) is 22.8 Å². The second-order valence-electron chi connectivity index (χ2n) is 6.17. The van der Waals surface area contributed by atoms with Gasteiger partial charge in [0.15, 0.2) is 5.82 Å². The molecule has 0 saturated carbocycles. The summed E-state index contributed by atoms with van der Waals surface area (Å²) in [6.45, 7) is 3.65. The lowest BCUT2D eigenvalue weighted by atomic mass is 10.0. The van der Waals surface area contributed by atoms with Gasteiger partial charge in [0, 0.05) is 18.9 Å². The average molecular weight is 446 g/mol. The molecule has 3 rings (SSSR count). The van der Waals surface area contributed by atoms with Crippen LogP contribution < -0.4 is 10.6 Å². The van der Waals surface area contributed by atoms with Gasteiger partial charge in [0.2, 0.25) is 0 Å². The van der Waals surface area contributed by atoms with Crippen LogP contribution in [0.2, 0.25) is 5.02 Å². The molecule has 31 heavy (non-hydrogen) atoms. The van der Waals surface area contributed by atoms with Crippen molar-refractivity contribution < 1.29 is 19.1 Å². The summed E-state index contributed by atoms with van der Waals surface area (Å²) in [7, 11) is 1.49. The monoisotopic (exact) mass is 445 g/mol. The zero-order valence-corrected chi connectivity index (χ0v) is 17.8. The second-order valence-corrected chi connectivity index (χ2v) is 6.58. The van der Waals surface area contributed by atoms with Gasteiger partial charge in [0.25, 0.3) is 0 Å². The Morgan fingerprint density at radius 2 is 1.94 bits per heavy atom. The molecule has 12 heteroatoms. The van der Waals surface area contributed by atoms with Crippen LogP contribution in [-0.2, 0) is 9.47 Å². The van der Waals surface area contributed by atoms with E-state index in [2.05, 4.69) is 30.8 Å². The number of amides is 2. The Balaban J connectivity index is 1.81. The van der Waals surface area contributed by atoms with Crippen molar-refractivity contribution in [2.75, 3.05) is 24.4 Å². The molecule has 3 heterocycles. The normalized spacial score (nSPS) is 11.6. The Labute approximate surface area is 182 Å². The van der Waals surface area contributed by atoms with Crippen molar-refractivity contribution in [1.29, 1.82) is 0 Å². The van der Waals surface area contributed by atoms with E-state index in [1.165, 1.54) is 49.0 Å². The smallest absolute Gasteiger partial charge is 0.340 e. The largest absolute Gasteiger partial charge is 0.462 e. The summed E-state index contributed by atoms with van der Waals surface area (Å²) >= 11 is 6.22. The Morgan fingerprint density at radius 1 is 1.19 bits per heavy atom. The molecule has 0 aliphatic carbocycles. The molecule has 0 aliphatic heterocycles. The molecule has 3 aromatic rings. The van der Waals surface area contributed by atoms with Gasteiger partial charge < -0.3 is 20.1 Å². The predicted molar refractivity (Wildman–Crippen MR) is 112 cm³/mol. The van der Waals surface area contributed by atoms with E-state index in [9.17, 15) is 9.59 Å². The molecule has 2 N–H and O–H groups in total. The number of carbonyl (C=O) groups excluding carboxylic acids is 2. The number of carbonyl (C=O) groups is 2. The maximum absolute atomic E-state index is 12.6. The minimum absolute atomic E-state index is 0.204. The van der Waals surface area contributed by atoms with Crippen molar-refractivity contribution in [2.45, 2.75) is 20.0 Å². The van der Waals surface area contributed by atoms with E-state index in [0.717, 1.165) is 0 Å². The third-order valence-electron chi connectivity index (χ3n) is 4.18. The molecule has 0 spiro atoms. The Hall–Kier alpha value is -3.57. The summed E-state index contributed by atoms with van der Waals surface area (Å²) in [5.74, 6) is -0.239. The Morgan fingerprint density at radius 3 is 2.58 bits per heavy atom. The standard InChI is InChI=1S/C19H20ClN7O4/c1-4-31-18(28)13-9-21-10-15(16(13)11(2)30-3)26-19(29)25-12-7-14(20)17(22-8-12)27-23-5-6-24-27/h5-11H,4H2,1-3H3,(H2,25,26,29)/t11-/m0/s1. The molecule has 2 amide bonds. The molecule has 0 aliphatic rings. The molecule has 1 atom stereocenters. The number of ether oxygens (including phenoxy) is 2. The highest BCUT2D eigenvalue weighted by Gasteiger charge is 2.22. The molecule has 0 aromatic carbocycles. The summed E-state index contributed by atoms with van der Waals surface area (Å²) in [6.07, 6.45) is 6.69. The number of esters is 1. The van der Waals surface area contributed by atoms with E-state index in [-0.39, 0.29) is 17.2 Å². The highest BCUT2D eigenvalue weighted by molar-refractivity contribution is 6.32. The number of hydrogen-bond donors (Lipinski definition) is 2. The molecule has 0 unspecified atom stereocenters. The number of methoxy groups -OCH3 is 1. The number of rotatable bonds is 7. The van der Waals surface area contributed by atoms with Crippen molar-refractivity contribution in [3.8, 4) is 5.82 Å². The van der Waals surface area contributed by atoms with Crippen molar-refractivity contribution >= 4 is 35.0 Å². The summed E-state index contributed by atoms with van der Waals surface area (Å²) in [6, 6.07) is 0.925. The molecular weight excluding hydrogens is 426 g/mol. The van der Waals surface area contributed by atoms with Crippen LogP contribution in [0.1, 0.15) is 35.9 Å². The van der Waals surface area contributed by atoms with Crippen LogP contribution in [0.15, 0.2) is 37.1 Å². The van der Waals surface area contributed by atoms with Crippen LogP contribution in [0.25, 0.3) is 5.82 Å². The predicted octanol–water partition coefficient (Wildman–Crippen LogP) is 3.24. The van der Waals surface area contributed by atoms with E-state index >= 15 is 0 Å². The van der Waals surface area contributed by atoms with Gasteiger partial charge in [-0.1, -0.05) is 11.6 Å². The van der Waals surface area contributed by atoms with Crippen LogP contribution in [0.4, 0.5) is 16.2 Å². The number of pyridine rings is 2. The zero-order chi connectivity index (χ0) is 22.4. The van der Waals surface area contributed by atoms with Gasteiger partial charge in [-0.3, -0.25) is 4.98 Å². The Kier molecular flexibility index (Phi) is 7.11. The number of halogens is 1. The van der Waals surface area contributed by atoms with E-state index in [1.807, 2.05) is 0 Å². The molecule has 0 saturated heterocycles. The molecule has 162 valence electrons. The fraction of sp³-hybridized carbons (Fsp3) is 0.263. The molecule has 0 bridgehead atoms. The van der Waals surface area contributed by atoms with Crippen molar-refractivity contribution in [3.05, 3.63) is 53.2 Å². The quantitative estimate of drug-likeness (QED) is 0.529. The Bertz CT molecular complexity index is 1080. The summed E-state index contributed by atoms with van der Waals surface area (Å²) < 4.78 is 10.4. The van der Waals surface area contributed by atoms with Crippen LogP contribution >= 0.6 is 11.6 Å². The van der Waals surface area contributed by atoms with Gasteiger partial charge in [0.1, 0.15) is 0 Å². The first-order valence-electron chi connectivity index (χ1n) is 9.22. The van der Waals surface area contributed by atoms with Gasteiger partial charge in [-0.25, -0.2) is 14.6 Å². The topological polar surface area (TPSA) is 133 Å². The average Bonchev–Trinajstić information content (AvgIpc) is 3.27. The van der Waals surface area contributed by atoms with Gasteiger partial charge in [-0.15, -0.1) is 4.80 Å². The van der Waals surface area contributed by atoms with Gasteiger partial charge >= 0.3 is 12.0 Å². The maximum Gasteiger partial charge on any atom is 0.340 e. The zero-order valence-electron chi connectivity index (χ0n) is 17.0. The molecule has 0 fully saturated rings. The minimum atomic E-state index is -0.588. The van der Waals surface area contributed by atoms with E-state index in [1.54, 1.807) is 13.8 Å². The van der Waals surface area contributed by atoms with Crippen molar-refractivity contribution in [2.24, 2.45) is 0 Å². The number of urea groups is 1.